The van der Waals surface area contributed by atoms with Gasteiger partial charge in [-0.3, -0.25) is 4.79 Å². The molecular weight excluding hydrogens is 308 g/mol. The molecule has 2 heterocycles. The third kappa shape index (κ3) is 3.48. The van der Waals surface area contributed by atoms with Crippen LogP contribution in [0.1, 0.15) is 33.8 Å². The number of aryl methyl sites for hydroxylation is 2. The van der Waals surface area contributed by atoms with Crippen molar-refractivity contribution >= 4 is 11.9 Å². The van der Waals surface area contributed by atoms with Gasteiger partial charge in [0.2, 0.25) is 5.91 Å². The molecule has 0 bridgehead atoms. The van der Waals surface area contributed by atoms with Gasteiger partial charge in [0.1, 0.15) is 11.3 Å². The SMILES string of the molecule is Cc1noc(C)c1C(=O)OC[C@H]1CC(=O)N(Cc2ccccc2)C1. The first-order chi connectivity index (χ1) is 11.5. The van der Waals surface area contributed by atoms with Gasteiger partial charge in [-0.05, 0) is 19.4 Å². The number of hydrogen-bond acceptors (Lipinski definition) is 5. The molecule has 1 fully saturated rings. The van der Waals surface area contributed by atoms with Gasteiger partial charge in [0.05, 0.1) is 12.3 Å². The highest BCUT2D eigenvalue weighted by Gasteiger charge is 2.31. The number of benzene rings is 1. The van der Waals surface area contributed by atoms with Gasteiger partial charge in [0, 0.05) is 25.4 Å². The van der Waals surface area contributed by atoms with Gasteiger partial charge in [0.25, 0.3) is 0 Å². The summed E-state index contributed by atoms with van der Waals surface area (Å²) in [6.07, 6.45) is 0.404. The van der Waals surface area contributed by atoms with Gasteiger partial charge in [0.15, 0.2) is 0 Å². The van der Waals surface area contributed by atoms with E-state index in [1.54, 1.807) is 13.8 Å². The normalized spacial score (nSPS) is 17.3. The van der Waals surface area contributed by atoms with Crippen LogP contribution in [0.15, 0.2) is 34.9 Å². The van der Waals surface area contributed by atoms with Gasteiger partial charge in [-0.1, -0.05) is 35.5 Å². The van der Waals surface area contributed by atoms with Crippen molar-refractivity contribution in [2.24, 2.45) is 5.92 Å². The van der Waals surface area contributed by atoms with E-state index in [1.807, 2.05) is 35.2 Å². The summed E-state index contributed by atoms with van der Waals surface area (Å²) >= 11 is 0. The number of hydrogen-bond donors (Lipinski definition) is 0. The molecule has 1 saturated heterocycles. The van der Waals surface area contributed by atoms with Gasteiger partial charge in [-0.15, -0.1) is 0 Å². The molecule has 0 unspecified atom stereocenters. The van der Waals surface area contributed by atoms with Crippen LogP contribution in [0.4, 0.5) is 0 Å². The first-order valence-corrected chi connectivity index (χ1v) is 7.96. The third-order valence-electron chi connectivity index (χ3n) is 4.20. The molecule has 6 nitrogen and oxygen atoms in total. The Bertz CT molecular complexity index is 719. The summed E-state index contributed by atoms with van der Waals surface area (Å²) in [5.74, 6) is 0.119. The van der Waals surface area contributed by atoms with E-state index in [9.17, 15) is 9.59 Å². The summed E-state index contributed by atoms with van der Waals surface area (Å²) in [7, 11) is 0. The fourth-order valence-electron chi connectivity index (χ4n) is 2.96. The zero-order chi connectivity index (χ0) is 17.1. The fourth-order valence-corrected chi connectivity index (χ4v) is 2.96. The summed E-state index contributed by atoms with van der Waals surface area (Å²) in [5.41, 5.74) is 1.99. The third-order valence-corrected chi connectivity index (χ3v) is 4.20. The summed E-state index contributed by atoms with van der Waals surface area (Å²) in [6.45, 7) is 4.79. The highest BCUT2D eigenvalue weighted by molar-refractivity contribution is 5.91. The van der Waals surface area contributed by atoms with Crippen molar-refractivity contribution in [3.8, 4) is 0 Å². The van der Waals surface area contributed by atoms with E-state index in [1.165, 1.54) is 0 Å². The largest absolute Gasteiger partial charge is 0.462 e. The van der Waals surface area contributed by atoms with Crippen LogP contribution in [0.2, 0.25) is 0 Å². The van der Waals surface area contributed by atoms with Gasteiger partial charge in [-0.25, -0.2) is 4.79 Å². The molecule has 1 aromatic carbocycles. The van der Waals surface area contributed by atoms with Crippen LogP contribution >= 0.6 is 0 Å². The maximum Gasteiger partial charge on any atom is 0.343 e. The number of aromatic nitrogens is 1. The quantitative estimate of drug-likeness (QED) is 0.789. The lowest BCUT2D eigenvalue weighted by Gasteiger charge is -2.16. The molecule has 0 saturated carbocycles. The average Bonchev–Trinajstić information content (AvgIpc) is 3.09. The Kier molecular flexibility index (Phi) is 4.64. The second-order valence-electron chi connectivity index (χ2n) is 6.13. The van der Waals surface area contributed by atoms with E-state index in [-0.39, 0.29) is 18.4 Å². The molecule has 0 aliphatic carbocycles. The maximum absolute atomic E-state index is 12.1. The number of likely N-dealkylation sites (tertiary alicyclic amines) is 1. The molecule has 1 atom stereocenters. The molecule has 1 aromatic heterocycles. The second-order valence-corrected chi connectivity index (χ2v) is 6.13. The monoisotopic (exact) mass is 328 g/mol. The zero-order valence-electron chi connectivity index (χ0n) is 13.8. The molecule has 1 amide bonds. The van der Waals surface area contributed by atoms with Crippen molar-refractivity contribution < 1.29 is 18.8 Å². The summed E-state index contributed by atoms with van der Waals surface area (Å²) in [5, 5.41) is 3.75. The van der Waals surface area contributed by atoms with E-state index in [2.05, 4.69) is 5.16 Å². The van der Waals surface area contributed by atoms with E-state index in [0.717, 1.165) is 5.56 Å². The average molecular weight is 328 g/mol. The Hall–Kier alpha value is -2.63. The van der Waals surface area contributed by atoms with E-state index in [0.29, 0.717) is 36.5 Å². The van der Waals surface area contributed by atoms with Crippen molar-refractivity contribution in [2.75, 3.05) is 13.2 Å². The molecule has 0 spiro atoms. The number of carbonyl (C=O) groups is 2. The lowest BCUT2D eigenvalue weighted by molar-refractivity contribution is -0.128. The maximum atomic E-state index is 12.1. The molecule has 126 valence electrons. The molecule has 1 aliphatic rings. The highest BCUT2D eigenvalue weighted by atomic mass is 16.5. The predicted molar refractivity (Wildman–Crippen MR) is 86.2 cm³/mol. The van der Waals surface area contributed by atoms with Crippen LogP contribution in [0, 0.1) is 19.8 Å². The van der Waals surface area contributed by atoms with Crippen LogP contribution in [-0.4, -0.2) is 35.1 Å². The van der Waals surface area contributed by atoms with Crippen molar-refractivity contribution in [3.05, 3.63) is 52.9 Å². The van der Waals surface area contributed by atoms with E-state index < -0.39 is 5.97 Å². The van der Waals surface area contributed by atoms with Crippen molar-refractivity contribution in [1.29, 1.82) is 0 Å². The Balaban J connectivity index is 1.54. The molecule has 1 aliphatic heterocycles. The van der Waals surface area contributed by atoms with Gasteiger partial charge in [-0.2, -0.15) is 0 Å². The molecule has 0 N–H and O–H groups in total. The lowest BCUT2D eigenvalue weighted by Crippen LogP contribution is -2.25. The molecular formula is C18H20N2O4. The number of nitrogens with zero attached hydrogens (tertiary/aromatic N) is 2. The Morgan fingerprint density at radius 2 is 2.08 bits per heavy atom. The first-order valence-electron chi connectivity index (χ1n) is 7.96. The Morgan fingerprint density at radius 3 is 2.75 bits per heavy atom. The number of amides is 1. The van der Waals surface area contributed by atoms with Crippen LogP contribution in [0.5, 0.6) is 0 Å². The smallest absolute Gasteiger partial charge is 0.343 e. The molecule has 3 rings (SSSR count). The van der Waals surface area contributed by atoms with Crippen molar-refractivity contribution in [2.45, 2.75) is 26.8 Å². The van der Waals surface area contributed by atoms with Crippen LogP contribution in [-0.2, 0) is 16.1 Å². The minimum Gasteiger partial charge on any atom is -0.462 e. The van der Waals surface area contributed by atoms with Crippen LogP contribution in [0.25, 0.3) is 0 Å². The second kappa shape index (κ2) is 6.86. The highest BCUT2D eigenvalue weighted by Crippen LogP contribution is 2.21. The minimum atomic E-state index is -0.444. The summed E-state index contributed by atoms with van der Waals surface area (Å²) < 4.78 is 10.3. The molecule has 0 radical (unpaired) electrons. The van der Waals surface area contributed by atoms with Gasteiger partial charge >= 0.3 is 5.97 Å². The summed E-state index contributed by atoms with van der Waals surface area (Å²) in [4.78, 5) is 26.1. The minimum absolute atomic E-state index is 0.0191. The molecule has 24 heavy (non-hydrogen) atoms. The molecule has 2 aromatic rings. The fraction of sp³-hybridized carbons (Fsp3) is 0.389. The first kappa shape index (κ1) is 16.2. The van der Waals surface area contributed by atoms with E-state index in [4.69, 9.17) is 9.26 Å². The number of ether oxygens (including phenoxy) is 1. The number of carbonyl (C=O) groups excluding carboxylic acids is 2. The predicted octanol–water partition coefficient (Wildman–Crippen LogP) is 2.50. The van der Waals surface area contributed by atoms with Crippen LogP contribution in [0.3, 0.4) is 0 Å². The Morgan fingerprint density at radius 1 is 1.33 bits per heavy atom. The summed E-state index contributed by atoms with van der Waals surface area (Å²) in [6, 6.07) is 9.86. The van der Waals surface area contributed by atoms with Gasteiger partial charge < -0.3 is 14.2 Å². The topological polar surface area (TPSA) is 72.6 Å². The van der Waals surface area contributed by atoms with Crippen molar-refractivity contribution in [3.63, 3.8) is 0 Å². The van der Waals surface area contributed by atoms with Crippen molar-refractivity contribution in [1.82, 2.24) is 10.1 Å². The standard InChI is InChI=1S/C18H20N2O4/c1-12-17(13(2)24-19-12)18(22)23-11-15-8-16(21)20(10-15)9-14-6-4-3-5-7-14/h3-7,15H,8-11H2,1-2H3/t15-/m0/s1. The van der Waals surface area contributed by atoms with Crippen LogP contribution < -0.4 is 0 Å². The molecule has 6 heteroatoms. The number of rotatable bonds is 5. The Labute approximate surface area is 140 Å². The van der Waals surface area contributed by atoms with E-state index >= 15 is 0 Å². The zero-order valence-corrected chi connectivity index (χ0v) is 13.8. The lowest BCUT2D eigenvalue weighted by atomic mass is 10.1. The number of esters is 1.